The van der Waals surface area contributed by atoms with Crippen LogP contribution in [0.2, 0.25) is 0 Å². The van der Waals surface area contributed by atoms with Gasteiger partial charge in [-0.2, -0.15) is 4.98 Å². The summed E-state index contributed by atoms with van der Waals surface area (Å²) in [4.78, 5) is 8.42. The maximum atomic E-state index is 5.31. The number of nitrogens with one attached hydrogen (secondary N) is 2. The van der Waals surface area contributed by atoms with E-state index in [0.29, 0.717) is 5.95 Å². The number of hydrogen-bond donors (Lipinski definition) is 3. The first-order valence-corrected chi connectivity index (χ1v) is 5.63. The van der Waals surface area contributed by atoms with Gasteiger partial charge in [-0.05, 0) is 26.7 Å². The highest BCUT2D eigenvalue weighted by molar-refractivity contribution is 5.43. The minimum atomic E-state index is 0.0622. The van der Waals surface area contributed by atoms with Crippen molar-refractivity contribution in [3.63, 3.8) is 0 Å². The molecule has 0 unspecified atom stereocenters. The molecule has 1 aromatic heterocycles. The zero-order valence-corrected chi connectivity index (χ0v) is 10.5. The van der Waals surface area contributed by atoms with Crippen LogP contribution in [0.15, 0.2) is 6.07 Å². The van der Waals surface area contributed by atoms with E-state index in [0.717, 1.165) is 24.4 Å². The smallest absolute Gasteiger partial charge is 0.239 e. The molecule has 0 radical (unpaired) electrons. The van der Waals surface area contributed by atoms with Crippen LogP contribution in [0.5, 0.6) is 0 Å². The normalized spacial score (nSPS) is 11.3. The van der Waals surface area contributed by atoms with Crippen molar-refractivity contribution >= 4 is 11.8 Å². The molecule has 1 rings (SSSR count). The molecule has 0 spiro atoms. The predicted octanol–water partition coefficient (Wildman–Crippen LogP) is 2.06. The van der Waals surface area contributed by atoms with Crippen LogP contribution in [0.4, 0.5) is 11.8 Å². The summed E-state index contributed by atoms with van der Waals surface area (Å²) in [7, 11) is 0. The van der Waals surface area contributed by atoms with Crippen molar-refractivity contribution in [1.29, 1.82) is 0 Å². The van der Waals surface area contributed by atoms with E-state index < -0.39 is 0 Å². The first-order valence-electron chi connectivity index (χ1n) is 5.63. The van der Waals surface area contributed by atoms with E-state index in [2.05, 4.69) is 41.5 Å². The Morgan fingerprint density at radius 1 is 1.31 bits per heavy atom. The van der Waals surface area contributed by atoms with Crippen LogP contribution in [-0.4, -0.2) is 15.5 Å². The van der Waals surface area contributed by atoms with Crippen LogP contribution in [-0.2, 0) is 0 Å². The Balaban J connectivity index is 2.92. The van der Waals surface area contributed by atoms with Crippen molar-refractivity contribution in [2.45, 2.75) is 46.1 Å². The van der Waals surface area contributed by atoms with Crippen molar-refractivity contribution in [2.75, 3.05) is 10.7 Å². The number of hydrazine groups is 1. The molecular weight excluding hydrogens is 202 g/mol. The fourth-order valence-corrected chi connectivity index (χ4v) is 1.43. The van der Waals surface area contributed by atoms with Gasteiger partial charge in [0.2, 0.25) is 5.95 Å². The highest BCUT2D eigenvalue weighted by Gasteiger charge is 2.19. The van der Waals surface area contributed by atoms with Gasteiger partial charge in [0.15, 0.2) is 0 Å². The molecule has 0 saturated carbocycles. The Labute approximate surface area is 96.8 Å². The molecule has 0 aliphatic carbocycles. The Hall–Kier alpha value is -1.36. The lowest BCUT2D eigenvalue weighted by Crippen LogP contribution is -2.33. The zero-order valence-electron chi connectivity index (χ0n) is 10.5. The molecule has 4 N–H and O–H groups in total. The van der Waals surface area contributed by atoms with Gasteiger partial charge in [0.1, 0.15) is 5.82 Å². The highest BCUT2D eigenvalue weighted by Crippen LogP contribution is 2.21. The molecular formula is C11H21N5. The summed E-state index contributed by atoms with van der Waals surface area (Å²) >= 11 is 0. The van der Waals surface area contributed by atoms with Crippen LogP contribution in [0.25, 0.3) is 0 Å². The second-order valence-corrected chi connectivity index (χ2v) is 4.26. The van der Waals surface area contributed by atoms with E-state index in [1.54, 1.807) is 0 Å². The van der Waals surface area contributed by atoms with Gasteiger partial charge in [-0.15, -0.1) is 0 Å². The largest absolute Gasteiger partial charge is 0.365 e. The van der Waals surface area contributed by atoms with Crippen molar-refractivity contribution in [3.8, 4) is 0 Å². The average molecular weight is 223 g/mol. The lowest BCUT2D eigenvalue weighted by Gasteiger charge is -2.29. The molecule has 1 aromatic rings. The molecule has 0 atom stereocenters. The van der Waals surface area contributed by atoms with Crippen molar-refractivity contribution in [2.24, 2.45) is 5.84 Å². The second-order valence-electron chi connectivity index (χ2n) is 4.26. The number of aryl methyl sites for hydroxylation is 1. The molecule has 0 bridgehead atoms. The molecule has 0 aromatic carbocycles. The van der Waals surface area contributed by atoms with E-state index in [4.69, 9.17) is 5.84 Å². The van der Waals surface area contributed by atoms with E-state index in [9.17, 15) is 0 Å². The van der Waals surface area contributed by atoms with E-state index in [-0.39, 0.29) is 5.54 Å². The molecule has 5 nitrogen and oxygen atoms in total. The molecule has 0 aliphatic heterocycles. The summed E-state index contributed by atoms with van der Waals surface area (Å²) < 4.78 is 0. The van der Waals surface area contributed by atoms with Crippen LogP contribution < -0.4 is 16.6 Å². The third-order valence-corrected chi connectivity index (χ3v) is 2.97. The van der Waals surface area contributed by atoms with Gasteiger partial charge < -0.3 is 5.32 Å². The summed E-state index contributed by atoms with van der Waals surface area (Å²) in [5.41, 5.74) is 3.42. The minimum Gasteiger partial charge on any atom is -0.365 e. The first kappa shape index (κ1) is 12.7. The van der Waals surface area contributed by atoms with E-state index >= 15 is 0 Å². The number of anilines is 2. The fourth-order valence-electron chi connectivity index (χ4n) is 1.43. The first-order chi connectivity index (χ1) is 7.53. The molecule has 0 saturated heterocycles. The van der Waals surface area contributed by atoms with Gasteiger partial charge in [0, 0.05) is 17.3 Å². The molecule has 90 valence electrons. The molecule has 16 heavy (non-hydrogen) atoms. The maximum Gasteiger partial charge on any atom is 0.239 e. The Bertz CT molecular complexity index is 346. The predicted molar refractivity (Wildman–Crippen MR) is 67.2 cm³/mol. The number of nitrogens with zero attached hydrogens (tertiary/aromatic N) is 2. The second kappa shape index (κ2) is 5.12. The summed E-state index contributed by atoms with van der Waals surface area (Å²) in [5.74, 6) is 6.57. The molecule has 0 fully saturated rings. The standard InChI is InChI=1S/C11H21N5/c1-5-11(4,6-2)15-9-7-8(3)13-10(14-9)16-12/h7H,5-6,12H2,1-4H3,(H2,13,14,15,16). The number of nitrogen functional groups attached to an aromatic ring is 1. The molecule has 0 amide bonds. The average Bonchev–Trinajstić information content (AvgIpc) is 2.28. The molecule has 5 heteroatoms. The number of nitrogens with two attached hydrogens (primary N) is 1. The summed E-state index contributed by atoms with van der Waals surface area (Å²) in [6.45, 7) is 8.42. The summed E-state index contributed by atoms with van der Waals surface area (Å²) in [5, 5.41) is 3.42. The van der Waals surface area contributed by atoms with Crippen LogP contribution in [0, 0.1) is 6.92 Å². The Kier molecular flexibility index (Phi) is 4.06. The van der Waals surface area contributed by atoms with Crippen LogP contribution in [0.3, 0.4) is 0 Å². The monoisotopic (exact) mass is 223 g/mol. The Morgan fingerprint density at radius 2 is 1.94 bits per heavy atom. The minimum absolute atomic E-state index is 0.0622. The third kappa shape index (κ3) is 3.06. The van der Waals surface area contributed by atoms with Crippen molar-refractivity contribution < 1.29 is 0 Å². The van der Waals surface area contributed by atoms with Gasteiger partial charge in [0.25, 0.3) is 0 Å². The molecule has 1 heterocycles. The van der Waals surface area contributed by atoms with Crippen LogP contribution in [0.1, 0.15) is 39.3 Å². The van der Waals surface area contributed by atoms with Crippen molar-refractivity contribution in [3.05, 3.63) is 11.8 Å². The number of aromatic nitrogens is 2. The third-order valence-electron chi connectivity index (χ3n) is 2.97. The lowest BCUT2D eigenvalue weighted by atomic mass is 9.96. The van der Waals surface area contributed by atoms with E-state index in [1.807, 2.05) is 13.0 Å². The number of hydrogen-bond acceptors (Lipinski definition) is 5. The van der Waals surface area contributed by atoms with Gasteiger partial charge in [0.05, 0.1) is 0 Å². The highest BCUT2D eigenvalue weighted by atomic mass is 15.3. The van der Waals surface area contributed by atoms with Gasteiger partial charge in [-0.3, -0.25) is 5.43 Å². The maximum absolute atomic E-state index is 5.31. The number of rotatable bonds is 5. The topological polar surface area (TPSA) is 75.9 Å². The van der Waals surface area contributed by atoms with Crippen molar-refractivity contribution in [1.82, 2.24) is 9.97 Å². The zero-order chi connectivity index (χ0) is 12.2. The summed E-state index contributed by atoms with van der Waals surface area (Å²) in [6, 6.07) is 1.92. The lowest BCUT2D eigenvalue weighted by molar-refractivity contribution is 0.476. The SMILES string of the molecule is CCC(C)(CC)Nc1cc(C)nc(NN)n1. The molecule has 0 aliphatic rings. The van der Waals surface area contributed by atoms with Gasteiger partial charge in [-0.1, -0.05) is 13.8 Å². The van der Waals surface area contributed by atoms with E-state index in [1.165, 1.54) is 0 Å². The van der Waals surface area contributed by atoms with Crippen LogP contribution >= 0.6 is 0 Å². The van der Waals surface area contributed by atoms with Gasteiger partial charge in [-0.25, -0.2) is 10.8 Å². The van der Waals surface area contributed by atoms with Gasteiger partial charge >= 0.3 is 0 Å². The summed E-state index contributed by atoms with van der Waals surface area (Å²) in [6.07, 6.45) is 2.08. The Morgan fingerprint density at radius 3 is 2.44 bits per heavy atom. The quantitative estimate of drug-likeness (QED) is 0.526. The fraction of sp³-hybridized carbons (Fsp3) is 0.636.